The van der Waals surface area contributed by atoms with Crippen LogP contribution in [0.25, 0.3) is 0 Å². The number of benzene rings is 1. The van der Waals surface area contributed by atoms with Crippen molar-refractivity contribution in [2.24, 2.45) is 0 Å². The fraction of sp³-hybridized carbons (Fsp3) is 0.533. The first-order chi connectivity index (χ1) is 8.81. The summed E-state index contributed by atoms with van der Waals surface area (Å²) >= 11 is 0. The summed E-state index contributed by atoms with van der Waals surface area (Å²) in [6, 6.07) is 9.65. The van der Waals surface area contributed by atoms with Crippen LogP contribution in [0.5, 0.6) is 0 Å². The minimum absolute atomic E-state index is 0.138. The van der Waals surface area contributed by atoms with E-state index >= 15 is 0 Å². The van der Waals surface area contributed by atoms with Gasteiger partial charge in [0.15, 0.2) is 5.78 Å². The fourth-order valence-electron chi connectivity index (χ4n) is 2.39. The predicted molar refractivity (Wildman–Crippen MR) is 69.4 cm³/mol. The van der Waals surface area contributed by atoms with Crippen LogP contribution in [-0.4, -0.2) is 25.6 Å². The van der Waals surface area contributed by atoms with Crippen molar-refractivity contribution >= 4 is 5.78 Å². The van der Waals surface area contributed by atoms with Crippen molar-refractivity contribution in [2.75, 3.05) is 13.7 Å². The van der Waals surface area contributed by atoms with E-state index in [4.69, 9.17) is 9.47 Å². The number of carbonyl (C=O) groups excluding carboxylic acids is 1. The van der Waals surface area contributed by atoms with Gasteiger partial charge >= 0.3 is 0 Å². The average molecular weight is 248 g/mol. The van der Waals surface area contributed by atoms with E-state index in [0.29, 0.717) is 6.42 Å². The molecule has 3 heteroatoms. The van der Waals surface area contributed by atoms with Gasteiger partial charge in [-0.3, -0.25) is 4.79 Å². The molecule has 2 rings (SSSR count). The third-order valence-electron chi connectivity index (χ3n) is 3.37. The molecule has 1 saturated heterocycles. The van der Waals surface area contributed by atoms with E-state index in [0.717, 1.165) is 31.4 Å². The summed E-state index contributed by atoms with van der Waals surface area (Å²) in [6.45, 7) is 0.839. The molecule has 1 fully saturated rings. The number of methoxy groups -OCH3 is 1. The molecular weight excluding hydrogens is 228 g/mol. The Morgan fingerprint density at radius 2 is 2.22 bits per heavy atom. The highest BCUT2D eigenvalue weighted by atomic mass is 16.5. The molecule has 2 atom stereocenters. The number of Topliss-reactive ketones (excluding diaryl/α,β-unsaturated/α-hetero) is 1. The van der Waals surface area contributed by atoms with Gasteiger partial charge < -0.3 is 9.47 Å². The third-order valence-corrected chi connectivity index (χ3v) is 3.37. The largest absolute Gasteiger partial charge is 0.378 e. The van der Waals surface area contributed by atoms with E-state index in [9.17, 15) is 4.79 Å². The molecule has 1 aliphatic heterocycles. The molecule has 3 nitrogen and oxygen atoms in total. The third kappa shape index (κ3) is 3.40. The van der Waals surface area contributed by atoms with Crippen molar-refractivity contribution in [3.05, 3.63) is 35.9 Å². The summed E-state index contributed by atoms with van der Waals surface area (Å²) in [4.78, 5) is 12.2. The Bertz CT molecular complexity index is 369. The fourth-order valence-corrected chi connectivity index (χ4v) is 2.39. The highest BCUT2D eigenvalue weighted by Crippen LogP contribution is 2.22. The molecular formula is C15H20O3. The van der Waals surface area contributed by atoms with E-state index in [1.165, 1.54) is 0 Å². The van der Waals surface area contributed by atoms with Crippen LogP contribution in [0, 0.1) is 0 Å². The molecule has 0 N–H and O–H groups in total. The van der Waals surface area contributed by atoms with Gasteiger partial charge in [-0.2, -0.15) is 0 Å². The maximum Gasteiger partial charge on any atom is 0.166 e. The van der Waals surface area contributed by atoms with Crippen molar-refractivity contribution in [1.82, 2.24) is 0 Å². The molecule has 2 unspecified atom stereocenters. The second-order valence-corrected chi connectivity index (χ2v) is 4.67. The molecule has 1 aliphatic rings. The summed E-state index contributed by atoms with van der Waals surface area (Å²) in [6.07, 6.45) is 3.36. The molecule has 1 aromatic rings. The molecule has 98 valence electrons. The van der Waals surface area contributed by atoms with Gasteiger partial charge in [-0.15, -0.1) is 0 Å². The van der Waals surface area contributed by atoms with Gasteiger partial charge in [-0.25, -0.2) is 0 Å². The van der Waals surface area contributed by atoms with Gasteiger partial charge in [0.1, 0.15) is 6.10 Å². The van der Waals surface area contributed by atoms with E-state index in [1.54, 1.807) is 7.11 Å². The Balaban J connectivity index is 1.89. The standard InChI is InChI=1S/C15H20O3/c1-17-15(12-6-3-2-4-7-12)14(16)10-9-13-8-5-11-18-13/h2-4,6-7,13,15H,5,8-11H2,1H3. The molecule has 0 aliphatic carbocycles. The highest BCUT2D eigenvalue weighted by Gasteiger charge is 2.22. The number of hydrogen-bond donors (Lipinski definition) is 0. The number of rotatable bonds is 6. The quantitative estimate of drug-likeness (QED) is 0.776. The van der Waals surface area contributed by atoms with Crippen molar-refractivity contribution in [3.8, 4) is 0 Å². The van der Waals surface area contributed by atoms with Crippen LogP contribution in [0.15, 0.2) is 30.3 Å². The molecule has 1 aromatic carbocycles. The molecule has 0 saturated carbocycles. The van der Waals surface area contributed by atoms with E-state index in [2.05, 4.69) is 0 Å². The summed E-state index contributed by atoms with van der Waals surface area (Å²) in [5.74, 6) is 0.138. The number of ether oxygens (including phenoxy) is 2. The Kier molecular flexibility index (Phi) is 4.90. The van der Waals surface area contributed by atoms with Crippen LogP contribution >= 0.6 is 0 Å². The van der Waals surface area contributed by atoms with Crippen molar-refractivity contribution in [2.45, 2.75) is 37.9 Å². The Morgan fingerprint density at radius 1 is 1.44 bits per heavy atom. The van der Waals surface area contributed by atoms with Crippen LogP contribution < -0.4 is 0 Å². The second-order valence-electron chi connectivity index (χ2n) is 4.67. The lowest BCUT2D eigenvalue weighted by Gasteiger charge is -2.15. The van der Waals surface area contributed by atoms with Crippen molar-refractivity contribution in [1.29, 1.82) is 0 Å². The zero-order valence-electron chi connectivity index (χ0n) is 10.8. The Morgan fingerprint density at radius 3 is 2.83 bits per heavy atom. The van der Waals surface area contributed by atoms with Gasteiger partial charge in [0, 0.05) is 20.1 Å². The maximum atomic E-state index is 12.2. The van der Waals surface area contributed by atoms with Crippen LogP contribution in [0.4, 0.5) is 0 Å². The molecule has 0 bridgehead atoms. The number of hydrogen-bond acceptors (Lipinski definition) is 3. The second kappa shape index (κ2) is 6.66. The summed E-state index contributed by atoms with van der Waals surface area (Å²) in [7, 11) is 1.58. The van der Waals surface area contributed by atoms with Gasteiger partial charge in [0.05, 0.1) is 6.10 Å². The van der Waals surface area contributed by atoms with Crippen molar-refractivity contribution in [3.63, 3.8) is 0 Å². The molecule has 0 radical (unpaired) electrons. The summed E-state index contributed by atoms with van der Waals surface area (Å²) < 4.78 is 10.9. The lowest BCUT2D eigenvalue weighted by molar-refractivity contribution is -0.129. The van der Waals surface area contributed by atoms with Crippen LogP contribution in [0.1, 0.15) is 37.4 Å². The lowest BCUT2D eigenvalue weighted by atomic mass is 10.0. The van der Waals surface area contributed by atoms with E-state index in [-0.39, 0.29) is 11.9 Å². The van der Waals surface area contributed by atoms with Crippen LogP contribution in [-0.2, 0) is 14.3 Å². The monoisotopic (exact) mass is 248 g/mol. The van der Waals surface area contributed by atoms with Gasteiger partial charge in [-0.1, -0.05) is 30.3 Å². The first kappa shape index (κ1) is 13.2. The van der Waals surface area contributed by atoms with E-state index < -0.39 is 6.10 Å². The smallest absolute Gasteiger partial charge is 0.166 e. The Labute approximate surface area is 108 Å². The normalized spacial score (nSPS) is 20.8. The minimum atomic E-state index is -0.437. The predicted octanol–water partition coefficient (Wildman–Crippen LogP) is 2.90. The number of carbonyl (C=O) groups is 1. The summed E-state index contributed by atoms with van der Waals surface area (Å²) in [5, 5.41) is 0. The first-order valence-corrected chi connectivity index (χ1v) is 6.53. The van der Waals surface area contributed by atoms with Crippen molar-refractivity contribution < 1.29 is 14.3 Å². The van der Waals surface area contributed by atoms with Gasteiger partial charge in [-0.05, 0) is 24.8 Å². The summed E-state index contributed by atoms with van der Waals surface area (Å²) in [5.41, 5.74) is 0.928. The number of ketones is 1. The molecule has 1 heterocycles. The van der Waals surface area contributed by atoms with Crippen LogP contribution in [0.3, 0.4) is 0 Å². The average Bonchev–Trinajstić information content (AvgIpc) is 2.92. The first-order valence-electron chi connectivity index (χ1n) is 6.53. The minimum Gasteiger partial charge on any atom is -0.378 e. The zero-order valence-corrected chi connectivity index (χ0v) is 10.8. The van der Waals surface area contributed by atoms with Gasteiger partial charge in [0.25, 0.3) is 0 Å². The molecule has 0 spiro atoms. The maximum absolute atomic E-state index is 12.2. The van der Waals surface area contributed by atoms with E-state index in [1.807, 2.05) is 30.3 Å². The lowest BCUT2D eigenvalue weighted by Crippen LogP contribution is -2.17. The SMILES string of the molecule is COC(C(=O)CCC1CCCO1)c1ccccc1. The zero-order chi connectivity index (χ0) is 12.8. The van der Waals surface area contributed by atoms with Gasteiger partial charge in [0.2, 0.25) is 0 Å². The Hall–Kier alpha value is -1.19. The van der Waals surface area contributed by atoms with Crippen LogP contribution in [0.2, 0.25) is 0 Å². The molecule has 0 amide bonds. The topological polar surface area (TPSA) is 35.5 Å². The highest BCUT2D eigenvalue weighted by molar-refractivity contribution is 5.84. The molecule has 0 aromatic heterocycles. The molecule has 18 heavy (non-hydrogen) atoms.